The number of aliphatic hydroxyl groups is 1. The van der Waals surface area contributed by atoms with Crippen LogP contribution < -0.4 is 0 Å². The lowest BCUT2D eigenvalue weighted by Gasteiger charge is -2.39. The molecule has 0 bridgehead atoms. The Balaban J connectivity index is 1.67. The van der Waals surface area contributed by atoms with Gasteiger partial charge in [0.05, 0.1) is 12.1 Å². The van der Waals surface area contributed by atoms with Crippen LogP contribution in [0.25, 0.3) is 0 Å². The molecule has 0 unspecified atom stereocenters. The second-order valence-corrected chi connectivity index (χ2v) is 6.08. The summed E-state index contributed by atoms with van der Waals surface area (Å²) in [5, 5.41) is 9.46. The lowest BCUT2D eigenvalue weighted by Crippen LogP contribution is -2.54. The van der Waals surface area contributed by atoms with Crippen LogP contribution in [0.5, 0.6) is 0 Å². The van der Waals surface area contributed by atoms with E-state index in [9.17, 15) is 18.7 Å². The van der Waals surface area contributed by atoms with E-state index in [-0.39, 0.29) is 24.3 Å². The van der Waals surface area contributed by atoms with E-state index in [0.717, 1.165) is 6.07 Å². The number of halogens is 2. The average molecular weight is 295 g/mol. The first-order valence-corrected chi connectivity index (χ1v) is 7.14. The first-order valence-electron chi connectivity index (χ1n) is 7.14. The van der Waals surface area contributed by atoms with Gasteiger partial charge in [0.25, 0.3) is 5.91 Å². The quantitative estimate of drug-likeness (QED) is 0.860. The Morgan fingerprint density at radius 3 is 2.76 bits per heavy atom. The number of benzene rings is 1. The largest absolute Gasteiger partial charge is 0.393 e. The number of aliphatic hydroxyl groups excluding tert-OH is 1. The van der Waals surface area contributed by atoms with Crippen molar-refractivity contribution < 1.29 is 23.4 Å². The van der Waals surface area contributed by atoms with Crippen molar-refractivity contribution in [3.05, 3.63) is 35.4 Å². The van der Waals surface area contributed by atoms with Gasteiger partial charge in [-0.05, 0) is 18.9 Å². The van der Waals surface area contributed by atoms with E-state index in [0.29, 0.717) is 12.8 Å². The number of hydrogen-bond acceptors (Lipinski definition) is 3. The van der Waals surface area contributed by atoms with Gasteiger partial charge in [-0.3, -0.25) is 4.79 Å². The van der Waals surface area contributed by atoms with Crippen LogP contribution in [0.2, 0.25) is 0 Å². The molecule has 1 N–H and O–H groups in total. The molecular weight excluding hydrogens is 280 g/mol. The lowest BCUT2D eigenvalue weighted by molar-refractivity contribution is -0.165. The molecule has 1 aliphatic carbocycles. The third-order valence-corrected chi connectivity index (χ3v) is 4.79. The van der Waals surface area contributed by atoms with Gasteiger partial charge in [0, 0.05) is 18.4 Å². The predicted molar refractivity (Wildman–Crippen MR) is 68.0 cm³/mol. The molecule has 3 aliphatic rings. The van der Waals surface area contributed by atoms with Crippen molar-refractivity contribution in [2.45, 2.75) is 49.7 Å². The van der Waals surface area contributed by atoms with E-state index in [1.807, 2.05) is 0 Å². The summed E-state index contributed by atoms with van der Waals surface area (Å²) in [5.74, 6) is -2.01. The number of ether oxygens (including phenoxy) is 1. The number of carbonyl (C=O) groups excluding carboxylic acids is 1. The molecule has 1 spiro atoms. The summed E-state index contributed by atoms with van der Waals surface area (Å²) in [5.41, 5.74) is -0.738. The van der Waals surface area contributed by atoms with Gasteiger partial charge in [-0.25, -0.2) is 8.78 Å². The first-order chi connectivity index (χ1) is 10.0. The fraction of sp³-hybridized carbons (Fsp3) is 0.533. The molecule has 4 nitrogen and oxygen atoms in total. The van der Waals surface area contributed by atoms with Crippen LogP contribution in [0, 0.1) is 11.6 Å². The zero-order valence-electron chi connectivity index (χ0n) is 11.3. The molecule has 0 radical (unpaired) electrons. The van der Waals surface area contributed by atoms with Gasteiger partial charge in [-0.1, -0.05) is 12.1 Å². The third kappa shape index (κ3) is 1.69. The molecule has 1 amide bonds. The summed E-state index contributed by atoms with van der Waals surface area (Å²) >= 11 is 0. The monoisotopic (exact) mass is 295 g/mol. The lowest BCUT2D eigenvalue weighted by atomic mass is 9.76. The molecule has 2 aliphatic heterocycles. The van der Waals surface area contributed by atoms with E-state index in [4.69, 9.17) is 4.74 Å². The van der Waals surface area contributed by atoms with Gasteiger partial charge in [0.1, 0.15) is 6.23 Å². The van der Waals surface area contributed by atoms with E-state index < -0.39 is 35.6 Å². The highest BCUT2D eigenvalue weighted by Crippen LogP contribution is 2.51. The second-order valence-electron chi connectivity index (χ2n) is 6.08. The first kappa shape index (κ1) is 13.2. The van der Waals surface area contributed by atoms with Crippen molar-refractivity contribution in [2.24, 2.45) is 0 Å². The number of nitrogens with zero attached hydrogens (tertiary/aromatic N) is 1. The van der Waals surface area contributed by atoms with Crippen molar-refractivity contribution in [1.29, 1.82) is 0 Å². The SMILES string of the molecule is O=C1N2[C@@H](CC[C@H]2c2cccc(F)c2F)OC12CC(O)C2. The molecule has 4 rings (SSSR count). The molecule has 0 aromatic heterocycles. The van der Waals surface area contributed by atoms with E-state index in [2.05, 4.69) is 0 Å². The minimum atomic E-state index is -0.938. The molecule has 112 valence electrons. The minimum Gasteiger partial charge on any atom is -0.393 e. The zero-order chi connectivity index (χ0) is 14.8. The molecule has 6 heteroatoms. The summed E-state index contributed by atoms with van der Waals surface area (Å²) in [7, 11) is 0. The van der Waals surface area contributed by atoms with Crippen LogP contribution in [0.1, 0.15) is 37.3 Å². The number of hydrogen-bond donors (Lipinski definition) is 1. The smallest absolute Gasteiger partial charge is 0.257 e. The maximum absolute atomic E-state index is 14.0. The minimum absolute atomic E-state index is 0.200. The van der Waals surface area contributed by atoms with E-state index in [1.54, 1.807) is 0 Å². The van der Waals surface area contributed by atoms with Gasteiger partial charge in [0.2, 0.25) is 0 Å². The molecule has 2 saturated heterocycles. The van der Waals surface area contributed by atoms with E-state index in [1.165, 1.54) is 17.0 Å². The maximum atomic E-state index is 14.0. The van der Waals surface area contributed by atoms with Crippen LogP contribution in [0.4, 0.5) is 8.78 Å². The summed E-state index contributed by atoms with van der Waals surface area (Å²) < 4.78 is 33.2. The Morgan fingerprint density at radius 1 is 1.29 bits per heavy atom. The molecule has 2 atom stereocenters. The standard InChI is InChI=1S/C15H15F2NO3/c16-10-3-1-2-9(13(10)17)11-4-5-12-18(11)14(20)15(21-12)6-8(19)7-15/h1-3,8,11-12,19H,4-7H2/t8?,11-,12+,15?/m0/s1. The summed E-state index contributed by atoms with van der Waals surface area (Å²) in [6, 6.07) is 3.54. The molecule has 1 aromatic carbocycles. The Morgan fingerprint density at radius 2 is 2.05 bits per heavy atom. The number of fused-ring (bicyclic) bond motifs is 1. The van der Waals surface area contributed by atoms with Gasteiger partial charge in [0.15, 0.2) is 17.2 Å². The van der Waals surface area contributed by atoms with Crippen molar-refractivity contribution in [1.82, 2.24) is 4.90 Å². The van der Waals surface area contributed by atoms with Crippen LogP contribution in [0.3, 0.4) is 0 Å². The summed E-state index contributed by atoms with van der Waals surface area (Å²) in [6.07, 6.45) is 0.824. The topological polar surface area (TPSA) is 49.8 Å². The molecule has 21 heavy (non-hydrogen) atoms. The van der Waals surface area contributed by atoms with Crippen molar-refractivity contribution in [2.75, 3.05) is 0 Å². The maximum Gasteiger partial charge on any atom is 0.257 e. The normalized spacial score (nSPS) is 38.0. The third-order valence-electron chi connectivity index (χ3n) is 4.79. The Labute approximate surface area is 120 Å². The van der Waals surface area contributed by atoms with Crippen LogP contribution in [-0.2, 0) is 9.53 Å². The highest BCUT2D eigenvalue weighted by atomic mass is 19.2. The van der Waals surface area contributed by atoms with Crippen LogP contribution >= 0.6 is 0 Å². The summed E-state index contributed by atoms with van der Waals surface area (Å²) in [6.45, 7) is 0. The number of amides is 1. The Kier molecular flexibility index (Phi) is 2.65. The van der Waals surface area contributed by atoms with E-state index >= 15 is 0 Å². The van der Waals surface area contributed by atoms with Crippen molar-refractivity contribution >= 4 is 5.91 Å². The zero-order valence-corrected chi connectivity index (χ0v) is 11.3. The fourth-order valence-electron chi connectivity index (χ4n) is 3.77. The highest BCUT2D eigenvalue weighted by Gasteiger charge is 2.62. The van der Waals surface area contributed by atoms with Gasteiger partial charge in [-0.2, -0.15) is 0 Å². The van der Waals surface area contributed by atoms with Crippen LogP contribution in [0.15, 0.2) is 18.2 Å². The molecule has 1 saturated carbocycles. The fourth-order valence-corrected chi connectivity index (χ4v) is 3.77. The van der Waals surface area contributed by atoms with Gasteiger partial charge in [-0.15, -0.1) is 0 Å². The Bertz CT molecular complexity index is 615. The Hall–Kier alpha value is -1.53. The predicted octanol–water partition coefficient (Wildman–Crippen LogP) is 1.88. The van der Waals surface area contributed by atoms with Crippen molar-refractivity contribution in [3.63, 3.8) is 0 Å². The second kappa shape index (κ2) is 4.24. The average Bonchev–Trinajstić information content (AvgIpc) is 2.93. The summed E-state index contributed by atoms with van der Waals surface area (Å²) in [4.78, 5) is 14.1. The van der Waals surface area contributed by atoms with Gasteiger partial charge >= 0.3 is 0 Å². The van der Waals surface area contributed by atoms with Gasteiger partial charge < -0.3 is 14.7 Å². The molecule has 2 heterocycles. The van der Waals surface area contributed by atoms with Crippen LogP contribution in [-0.4, -0.2) is 33.8 Å². The number of rotatable bonds is 1. The molecule has 3 fully saturated rings. The molecular formula is C15H15F2NO3. The number of carbonyl (C=O) groups is 1. The molecule has 1 aromatic rings. The highest BCUT2D eigenvalue weighted by molar-refractivity contribution is 5.89. The van der Waals surface area contributed by atoms with Crippen molar-refractivity contribution in [3.8, 4) is 0 Å².